The molecule has 0 aliphatic carbocycles. The number of hydrogen-bond acceptors (Lipinski definition) is 5. The van der Waals surface area contributed by atoms with Gasteiger partial charge in [-0.1, -0.05) is 11.6 Å². The molecule has 1 unspecified atom stereocenters. The third-order valence-corrected chi connectivity index (χ3v) is 3.26. The lowest BCUT2D eigenvalue weighted by Crippen LogP contribution is -2.10. The molecule has 1 atom stereocenters. The van der Waals surface area contributed by atoms with Gasteiger partial charge < -0.3 is 9.30 Å². The van der Waals surface area contributed by atoms with Gasteiger partial charge in [0, 0.05) is 19.1 Å². The third kappa shape index (κ3) is 1.92. The second kappa shape index (κ2) is 4.52. The lowest BCUT2D eigenvalue weighted by Gasteiger charge is -2.08. The Labute approximate surface area is 108 Å². The highest BCUT2D eigenvalue weighted by molar-refractivity contribution is 6.33. The van der Waals surface area contributed by atoms with Gasteiger partial charge in [-0.25, -0.2) is 9.97 Å². The molecular weight excluding hydrogens is 254 g/mol. The van der Waals surface area contributed by atoms with E-state index in [2.05, 4.69) is 15.0 Å². The summed E-state index contributed by atoms with van der Waals surface area (Å²) in [6.07, 6.45) is 2.72. The van der Waals surface area contributed by atoms with Crippen LogP contribution in [0.5, 0.6) is 0 Å². The molecule has 1 saturated heterocycles. The molecule has 18 heavy (non-hydrogen) atoms. The molecule has 1 aliphatic rings. The summed E-state index contributed by atoms with van der Waals surface area (Å²) in [4.78, 5) is 12.2. The Morgan fingerprint density at radius 3 is 3.17 bits per heavy atom. The van der Waals surface area contributed by atoms with Crippen LogP contribution in [-0.4, -0.2) is 32.7 Å². The Balaban J connectivity index is 2.01. The van der Waals surface area contributed by atoms with Crippen LogP contribution in [0.1, 0.15) is 12.2 Å². The van der Waals surface area contributed by atoms with Crippen molar-refractivity contribution in [3.63, 3.8) is 0 Å². The lowest BCUT2D eigenvalue weighted by atomic mass is 10.1. The minimum Gasteiger partial charge on any atom is -0.381 e. The maximum absolute atomic E-state index is 8.85. The van der Waals surface area contributed by atoms with Gasteiger partial charge in [-0.05, 0) is 6.42 Å². The lowest BCUT2D eigenvalue weighted by molar-refractivity contribution is 0.182. The molecule has 0 aromatic carbocycles. The smallest absolute Gasteiger partial charge is 0.235 e. The summed E-state index contributed by atoms with van der Waals surface area (Å²) < 4.78 is 7.25. The molecule has 1 aliphatic heterocycles. The standard InChI is InChI=1S/C11H10ClN5O/c12-10-9-11(16-8(3-13)15-10)17(6-14-9)4-7-1-2-18-5-7/h6-7H,1-2,4-5H2. The first-order chi connectivity index (χ1) is 8.78. The van der Waals surface area contributed by atoms with E-state index >= 15 is 0 Å². The second-order valence-corrected chi connectivity index (χ2v) is 4.61. The van der Waals surface area contributed by atoms with Gasteiger partial charge in [-0.3, -0.25) is 0 Å². The average molecular weight is 264 g/mol. The Morgan fingerprint density at radius 2 is 2.44 bits per heavy atom. The number of nitriles is 1. The van der Waals surface area contributed by atoms with Crippen LogP contribution in [0.4, 0.5) is 0 Å². The summed E-state index contributed by atoms with van der Waals surface area (Å²) in [5.74, 6) is 0.526. The van der Waals surface area contributed by atoms with Crippen molar-refractivity contribution in [3.8, 4) is 6.07 Å². The summed E-state index contributed by atoms with van der Waals surface area (Å²) in [6, 6.07) is 1.90. The highest BCUT2D eigenvalue weighted by Crippen LogP contribution is 2.21. The molecule has 2 aromatic heterocycles. The van der Waals surface area contributed by atoms with E-state index < -0.39 is 0 Å². The monoisotopic (exact) mass is 263 g/mol. The van der Waals surface area contributed by atoms with Crippen LogP contribution in [0.2, 0.25) is 5.15 Å². The van der Waals surface area contributed by atoms with E-state index in [4.69, 9.17) is 21.6 Å². The van der Waals surface area contributed by atoms with Crippen molar-refractivity contribution in [1.29, 1.82) is 5.26 Å². The molecule has 0 N–H and O–H groups in total. The van der Waals surface area contributed by atoms with Crippen molar-refractivity contribution in [3.05, 3.63) is 17.3 Å². The first kappa shape index (κ1) is 11.4. The first-order valence-corrected chi connectivity index (χ1v) is 6.02. The number of halogens is 1. The molecule has 0 spiro atoms. The largest absolute Gasteiger partial charge is 0.381 e. The molecule has 0 amide bonds. The van der Waals surface area contributed by atoms with Crippen LogP contribution < -0.4 is 0 Å². The predicted molar refractivity (Wildman–Crippen MR) is 64.0 cm³/mol. The highest BCUT2D eigenvalue weighted by atomic mass is 35.5. The van der Waals surface area contributed by atoms with E-state index in [0.29, 0.717) is 17.1 Å². The van der Waals surface area contributed by atoms with Crippen LogP contribution in [0.15, 0.2) is 6.33 Å². The summed E-state index contributed by atoms with van der Waals surface area (Å²) in [6.45, 7) is 2.33. The first-order valence-electron chi connectivity index (χ1n) is 5.64. The van der Waals surface area contributed by atoms with Crippen molar-refractivity contribution >= 4 is 22.8 Å². The summed E-state index contributed by atoms with van der Waals surface area (Å²) >= 11 is 5.97. The average Bonchev–Trinajstić information content (AvgIpc) is 3.00. The van der Waals surface area contributed by atoms with E-state index in [0.717, 1.165) is 26.2 Å². The minimum absolute atomic E-state index is 0.0666. The molecule has 0 radical (unpaired) electrons. The van der Waals surface area contributed by atoms with E-state index in [-0.39, 0.29) is 11.0 Å². The van der Waals surface area contributed by atoms with Crippen LogP contribution in [-0.2, 0) is 11.3 Å². The normalized spacial score (nSPS) is 19.2. The van der Waals surface area contributed by atoms with Gasteiger partial charge in [0.1, 0.15) is 11.6 Å². The van der Waals surface area contributed by atoms with Gasteiger partial charge >= 0.3 is 0 Å². The zero-order valence-electron chi connectivity index (χ0n) is 9.51. The SMILES string of the molecule is N#Cc1nc(Cl)c2ncn(CC3CCOC3)c2n1. The zero-order valence-corrected chi connectivity index (χ0v) is 10.3. The highest BCUT2D eigenvalue weighted by Gasteiger charge is 2.19. The van der Waals surface area contributed by atoms with Crippen molar-refractivity contribution in [2.45, 2.75) is 13.0 Å². The molecule has 3 rings (SSSR count). The third-order valence-electron chi connectivity index (χ3n) is 3.00. The fraction of sp³-hybridized carbons (Fsp3) is 0.455. The molecule has 0 bridgehead atoms. The van der Waals surface area contributed by atoms with E-state index in [1.165, 1.54) is 0 Å². The molecule has 7 heteroatoms. The number of imidazole rings is 1. The second-order valence-electron chi connectivity index (χ2n) is 4.25. The minimum atomic E-state index is 0.0666. The van der Waals surface area contributed by atoms with Crippen LogP contribution in [0.3, 0.4) is 0 Å². The number of fused-ring (bicyclic) bond motifs is 1. The maximum Gasteiger partial charge on any atom is 0.235 e. The quantitative estimate of drug-likeness (QED) is 0.765. The van der Waals surface area contributed by atoms with Gasteiger partial charge in [-0.2, -0.15) is 10.2 Å². The van der Waals surface area contributed by atoms with Crippen molar-refractivity contribution in [1.82, 2.24) is 19.5 Å². The van der Waals surface area contributed by atoms with E-state index in [1.807, 2.05) is 10.6 Å². The molecule has 92 valence electrons. The van der Waals surface area contributed by atoms with E-state index in [9.17, 15) is 0 Å². The molecule has 2 aromatic rings. The Hall–Kier alpha value is -1.71. The number of ether oxygens (including phenoxy) is 1. The number of rotatable bonds is 2. The topological polar surface area (TPSA) is 76.6 Å². The Bertz CT molecular complexity index is 626. The number of nitrogens with zero attached hydrogens (tertiary/aromatic N) is 5. The van der Waals surface area contributed by atoms with Crippen molar-refractivity contribution in [2.75, 3.05) is 13.2 Å². The van der Waals surface area contributed by atoms with Crippen molar-refractivity contribution in [2.24, 2.45) is 5.92 Å². The van der Waals surface area contributed by atoms with Crippen molar-refractivity contribution < 1.29 is 4.74 Å². The number of hydrogen-bond donors (Lipinski definition) is 0. The Morgan fingerprint density at radius 1 is 1.56 bits per heavy atom. The molecule has 6 nitrogen and oxygen atoms in total. The van der Waals surface area contributed by atoms with Gasteiger partial charge in [0.15, 0.2) is 10.8 Å². The molecular formula is C11H10ClN5O. The van der Waals surface area contributed by atoms with Gasteiger partial charge in [0.05, 0.1) is 12.9 Å². The maximum atomic E-state index is 8.85. The number of aromatic nitrogens is 4. The van der Waals surface area contributed by atoms with Gasteiger partial charge in [0.2, 0.25) is 5.82 Å². The molecule has 1 fully saturated rings. The molecule has 0 saturated carbocycles. The van der Waals surface area contributed by atoms with Gasteiger partial charge in [-0.15, -0.1) is 0 Å². The summed E-state index contributed by atoms with van der Waals surface area (Å²) in [5.41, 5.74) is 1.15. The Kier molecular flexibility index (Phi) is 2.86. The summed E-state index contributed by atoms with van der Waals surface area (Å²) in [7, 11) is 0. The van der Waals surface area contributed by atoms with Crippen LogP contribution >= 0.6 is 11.6 Å². The van der Waals surface area contributed by atoms with E-state index in [1.54, 1.807) is 6.33 Å². The van der Waals surface area contributed by atoms with Crippen LogP contribution in [0.25, 0.3) is 11.2 Å². The summed E-state index contributed by atoms with van der Waals surface area (Å²) in [5, 5.41) is 9.07. The van der Waals surface area contributed by atoms with Crippen LogP contribution in [0, 0.1) is 17.2 Å². The zero-order chi connectivity index (χ0) is 12.5. The predicted octanol–water partition coefficient (Wildman–Crippen LogP) is 1.39. The fourth-order valence-electron chi connectivity index (χ4n) is 2.10. The van der Waals surface area contributed by atoms with Gasteiger partial charge in [0.25, 0.3) is 0 Å². The molecule has 3 heterocycles. The fourth-order valence-corrected chi connectivity index (χ4v) is 2.31.